The van der Waals surface area contributed by atoms with Gasteiger partial charge in [-0.05, 0) is 71.8 Å². The van der Waals surface area contributed by atoms with Gasteiger partial charge in [-0.25, -0.2) is 4.79 Å². The third-order valence-electron chi connectivity index (χ3n) is 8.06. The standard InChI is InChI=1S/C35H24ClN3O6/c1-42-23-16-12-22(13-17-23)39-30(20-6-10-21(36)11-7-20)32(34(39)40)43-24-14-8-19(9-15-24)28-26(18-37)33(38)45-31-25-4-2-3-5-27(25)44-35(41)29(28)31/h2-17,28,30,32H,38H2,1H3/t28?,30-,32+/m0/s1. The average Bonchev–Trinajstić information content (AvgIpc) is 3.06. The summed E-state index contributed by atoms with van der Waals surface area (Å²) in [5.74, 6) is 0.236. The molecule has 1 saturated heterocycles. The van der Waals surface area contributed by atoms with E-state index in [0.29, 0.717) is 38.7 Å². The zero-order valence-corrected chi connectivity index (χ0v) is 24.5. The Bertz CT molecular complexity index is 2080. The number of hydrogen-bond donors (Lipinski definition) is 1. The zero-order chi connectivity index (χ0) is 31.2. The number of nitrogens with two attached hydrogens (primary N) is 1. The summed E-state index contributed by atoms with van der Waals surface area (Å²) < 4.78 is 22.9. The number of benzene rings is 4. The molecular formula is C35H24ClN3O6. The molecular weight excluding hydrogens is 594 g/mol. The fraction of sp³-hybridized carbons (Fsp3) is 0.114. The van der Waals surface area contributed by atoms with Gasteiger partial charge in [0.05, 0.1) is 24.0 Å². The molecule has 0 saturated carbocycles. The Labute approximate surface area is 262 Å². The Morgan fingerprint density at radius 3 is 2.24 bits per heavy atom. The van der Waals surface area contributed by atoms with Crippen molar-refractivity contribution in [1.29, 1.82) is 5.26 Å². The number of rotatable bonds is 6. The van der Waals surface area contributed by atoms with E-state index in [4.69, 9.17) is 36.0 Å². The van der Waals surface area contributed by atoms with E-state index < -0.39 is 23.7 Å². The predicted molar refractivity (Wildman–Crippen MR) is 167 cm³/mol. The summed E-state index contributed by atoms with van der Waals surface area (Å²) in [5.41, 5.74) is 8.34. The molecule has 2 aliphatic heterocycles. The number of amides is 1. The highest BCUT2D eigenvalue weighted by atomic mass is 35.5. The molecule has 2 N–H and O–H groups in total. The molecule has 4 aromatic carbocycles. The zero-order valence-electron chi connectivity index (χ0n) is 23.8. The molecule has 1 aromatic heterocycles. The quantitative estimate of drug-likeness (QED) is 0.176. The van der Waals surface area contributed by atoms with E-state index in [1.54, 1.807) is 84.8 Å². The van der Waals surface area contributed by atoms with Gasteiger partial charge in [-0.3, -0.25) is 9.69 Å². The number of fused-ring (bicyclic) bond motifs is 3. The van der Waals surface area contributed by atoms with Crippen LogP contribution in [0.2, 0.25) is 5.02 Å². The number of hydrogen-bond acceptors (Lipinski definition) is 8. The van der Waals surface area contributed by atoms with Gasteiger partial charge in [0.25, 0.3) is 5.91 Å². The van der Waals surface area contributed by atoms with Crippen LogP contribution in [0.25, 0.3) is 11.0 Å². The Balaban J connectivity index is 1.22. The summed E-state index contributed by atoms with van der Waals surface area (Å²) in [5, 5.41) is 11.1. The van der Waals surface area contributed by atoms with Crippen molar-refractivity contribution in [2.45, 2.75) is 18.1 Å². The van der Waals surface area contributed by atoms with Gasteiger partial charge in [0, 0.05) is 10.7 Å². The molecule has 9 nitrogen and oxygen atoms in total. The van der Waals surface area contributed by atoms with E-state index >= 15 is 0 Å². The minimum absolute atomic E-state index is 0.0874. The van der Waals surface area contributed by atoms with E-state index in [9.17, 15) is 14.9 Å². The van der Waals surface area contributed by atoms with Crippen molar-refractivity contribution in [3.05, 3.63) is 141 Å². The lowest BCUT2D eigenvalue weighted by Crippen LogP contribution is -2.61. The third kappa shape index (κ3) is 4.72. The van der Waals surface area contributed by atoms with Crippen LogP contribution in [-0.4, -0.2) is 19.1 Å². The van der Waals surface area contributed by atoms with Crippen molar-refractivity contribution >= 4 is 34.2 Å². The molecule has 1 amide bonds. The Morgan fingerprint density at radius 1 is 0.889 bits per heavy atom. The van der Waals surface area contributed by atoms with E-state index in [1.807, 2.05) is 24.3 Å². The smallest absolute Gasteiger partial charge is 0.344 e. The van der Waals surface area contributed by atoms with Gasteiger partial charge in [-0.15, -0.1) is 0 Å². The van der Waals surface area contributed by atoms with E-state index in [-0.39, 0.29) is 28.7 Å². The fourth-order valence-corrected chi connectivity index (χ4v) is 6.00. The van der Waals surface area contributed by atoms with Crippen LogP contribution in [0.3, 0.4) is 0 Å². The maximum Gasteiger partial charge on any atom is 0.344 e. The van der Waals surface area contributed by atoms with E-state index in [1.165, 1.54) is 0 Å². The van der Waals surface area contributed by atoms with Crippen LogP contribution in [0.1, 0.15) is 28.7 Å². The highest BCUT2D eigenvalue weighted by Crippen LogP contribution is 2.45. The number of carbonyl (C=O) groups excluding carboxylic acids is 1. The normalized spacial score (nSPS) is 18.9. The van der Waals surface area contributed by atoms with Gasteiger partial charge in [-0.1, -0.05) is 48.0 Å². The summed E-state index contributed by atoms with van der Waals surface area (Å²) in [4.78, 5) is 28.4. The molecule has 3 atom stereocenters. The number of carbonyl (C=O) groups is 1. The van der Waals surface area contributed by atoms with Crippen LogP contribution >= 0.6 is 11.6 Å². The number of anilines is 1. The second-order valence-electron chi connectivity index (χ2n) is 10.6. The number of nitriles is 1. The first-order valence-corrected chi connectivity index (χ1v) is 14.4. The maximum atomic E-state index is 13.5. The molecule has 0 bridgehead atoms. The first kappa shape index (κ1) is 28.1. The van der Waals surface area contributed by atoms with Crippen molar-refractivity contribution in [3.8, 4) is 23.3 Å². The highest BCUT2D eigenvalue weighted by Gasteiger charge is 2.51. The molecule has 45 heavy (non-hydrogen) atoms. The molecule has 3 heterocycles. The van der Waals surface area contributed by atoms with E-state index in [2.05, 4.69) is 6.07 Å². The van der Waals surface area contributed by atoms with Crippen molar-refractivity contribution in [2.75, 3.05) is 12.0 Å². The van der Waals surface area contributed by atoms with Crippen molar-refractivity contribution in [1.82, 2.24) is 0 Å². The Kier molecular flexibility index (Phi) is 6.92. The monoisotopic (exact) mass is 617 g/mol. The first-order valence-electron chi connectivity index (χ1n) is 14.0. The summed E-state index contributed by atoms with van der Waals surface area (Å²) in [7, 11) is 1.58. The van der Waals surface area contributed by atoms with Crippen LogP contribution < -0.4 is 30.5 Å². The van der Waals surface area contributed by atoms with Crippen LogP contribution in [-0.2, 0) is 4.79 Å². The fourth-order valence-electron chi connectivity index (χ4n) is 5.88. The number of nitrogens with zero attached hydrogens (tertiary/aromatic N) is 2. The number of para-hydroxylation sites is 1. The van der Waals surface area contributed by atoms with Crippen LogP contribution in [0.15, 0.2) is 118 Å². The Morgan fingerprint density at radius 2 is 1.56 bits per heavy atom. The molecule has 1 fully saturated rings. The minimum Gasteiger partial charge on any atom is -0.497 e. The summed E-state index contributed by atoms with van der Waals surface area (Å²) in [6, 6.07) is 30.0. The number of β-lactam (4-membered cyclic amide) rings is 1. The molecule has 0 aliphatic carbocycles. The summed E-state index contributed by atoms with van der Waals surface area (Å²) >= 11 is 6.15. The topological polar surface area (TPSA) is 128 Å². The third-order valence-corrected chi connectivity index (χ3v) is 8.31. The van der Waals surface area contributed by atoms with Gasteiger partial charge in [0.15, 0.2) is 5.75 Å². The van der Waals surface area contributed by atoms with Gasteiger partial charge < -0.3 is 24.4 Å². The number of allylic oxidation sites excluding steroid dienone is 1. The molecule has 2 aliphatic rings. The van der Waals surface area contributed by atoms with Crippen molar-refractivity contribution in [3.63, 3.8) is 0 Å². The second-order valence-corrected chi connectivity index (χ2v) is 11.0. The molecule has 10 heteroatoms. The average molecular weight is 618 g/mol. The molecule has 0 radical (unpaired) electrons. The van der Waals surface area contributed by atoms with Crippen molar-refractivity contribution in [2.24, 2.45) is 5.73 Å². The molecule has 5 aromatic rings. The second kappa shape index (κ2) is 11.1. The highest BCUT2D eigenvalue weighted by molar-refractivity contribution is 6.30. The summed E-state index contributed by atoms with van der Waals surface area (Å²) in [6.07, 6.45) is -0.813. The lowest BCUT2D eigenvalue weighted by Gasteiger charge is -2.46. The minimum atomic E-state index is -0.827. The molecule has 222 valence electrons. The van der Waals surface area contributed by atoms with Crippen LogP contribution in [0.4, 0.5) is 5.69 Å². The van der Waals surface area contributed by atoms with Gasteiger partial charge >= 0.3 is 5.63 Å². The lowest BCUT2D eigenvalue weighted by atomic mass is 9.84. The van der Waals surface area contributed by atoms with Gasteiger partial charge in [0.2, 0.25) is 12.0 Å². The molecule has 0 spiro atoms. The lowest BCUT2D eigenvalue weighted by molar-refractivity contribution is -0.135. The van der Waals surface area contributed by atoms with Crippen LogP contribution in [0.5, 0.6) is 17.2 Å². The largest absolute Gasteiger partial charge is 0.497 e. The predicted octanol–water partition coefficient (Wildman–Crippen LogP) is 6.21. The molecule has 7 rings (SSSR count). The maximum absolute atomic E-state index is 13.5. The Hall–Kier alpha value is -5.72. The van der Waals surface area contributed by atoms with E-state index in [0.717, 1.165) is 5.56 Å². The number of ether oxygens (including phenoxy) is 3. The number of methoxy groups -OCH3 is 1. The summed E-state index contributed by atoms with van der Waals surface area (Å²) in [6.45, 7) is 0. The number of halogens is 1. The first-order chi connectivity index (χ1) is 21.9. The van der Waals surface area contributed by atoms with Crippen molar-refractivity contribution < 1.29 is 23.4 Å². The molecule has 1 unspecified atom stereocenters. The van der Waals surface area contributed by atoms with Gasteiger partial charge in [0.1, 0.15) is 34.8 Å². The van der Waals surface area contributed by atoms with Crippen LogP contribution in [0, 0.1) is 11.3 Å². The van der Waals surface area contributed by atoms with Gasteiger partial charge in [-0.2, -0.15) is 5.26 Å². The SMILES string of the molecule is COc1ccc(N2C(=O)[C@H](Oc3ccc(C4C(C#N)=C(N)Oc5c4c(=O)oc4ccccc54)cc3)[C@@H]2c2ccc(Cl)cc2)cc1.